The van der Waals surface area contributed by atoms with Crippen molar-refractivity contribution in [3.63, 3.8) is 0 Å². The molecule has 10 heavy (non-hydrogen) atoms. The minimum absolute atomic E-state index is 1.06. The summed E-state index contributed by atoms with van der Waals surface area (Å²) in [5.41, 5.74) is 0. The Kier molecular flexibility index (Phi) is 18.5. The predicted molar refractivity (Wildman–Crippen MR) is 48.8 cm³/mol. The van der Waals surface area contributed by atoms with Gasteiger partial charge >= 0.3 is 0 Å². The summed E-state index contributed by atoms with van der Waals surface area (Å²) in [4.78, 5) is 0. The Morgan fingerprint density at radius 1 is 1.30 bits per heavy atom. The first-order valence-corrected chi connectivity index (χ1v) is 3.69. The minimum Gasteiger partial charge on any atom is -0.115 e. The van der Waals surface area contributed by atoms with Gasteiger partial charge in [0, 0.05) is 0 Å². The Hall–Kier alpha value is -0.960. The van der Waals surface area contributed by atoms with E-state index in [0.717, 1.165) is 6.42 Å². The molecule has 0 aliphatic rings. The summed E-state index contributed by atoms with van der Waals surface area (Å²) in [6.45, 7) is 6.08. The first-order valence-electron chi connectivity index (χ1n) is 3.69. The highest BCUT2D eigenvalue weighted by Gasteiger charge is 1.59. The van der Waals surface area contributed by atoms with Gasteiger partial charge in [-0.15, -0.1) is 6.42 Å². The van der Waals surface area contributed by atoms with Gasteiger partial charge in [-0.3, -0.25) is 0 Å². The van der Waals surface area contributed by atoms with E-state index in [1.807, 2.05) is 32.1 Å². The Morgan fingerprint density at radius 2 is 1.90 bits per heavy atom. The second kappa shape index (κ2) is 15.7. The second-order valence-electron chi connectivity index (χ2n) is 1.36. The average Bonchev–Trinajstić information content (AvgIpc) is 2.02. The third-order valence-corrected chi connectivity index (χ3v) is 0.675. The molecule has 0 bridgehead atoms. The van der Waals surface area contributed by atoms with Crippen molar-refractivity contribution in [3.05, 3.63) is 24.3 Å². The molecule has 0 radical (unpaired) electrons. The van der Waals surface area contributed by atoms with Gasteiger partial charge < -0.3 is 0 Å². The molecule has 0 rings (SSSR count). The Bertz CT molecular complexity index is 121. The molecule has 0 spiro atoms. The summed E-state index contributed by atoms with van der Waals surface area (Å²) in [6.07, 6.45) is 13.5. The summed E-state index contributed by atoms with van der Waals surface area (Å²) < 4.78 is 0. The maximum absolute atomic E-state index is 4.94. The highest BCUT2D eigenvalue weighted by Crippen LogP contribution is 1.79. The zero-order valence-corrected chi connectivity index (χ0v) is 7.09. The van der Waals surface area contributed by atoms with Crippen LogP contribution in [0.2, 0.25) is 0 Å². The topological polar surface area (TPSA) is 0 Å². The molecule has 0 aromatic carbocycles. The van der Waals surface area contributed by atoms with Gasteiger partial charge in [-0.05, 0) is 12.5 Å². The lowest BCUT2D eigenvalue weighted by molar-refractivity contribution is 1.22. The second-order valence-corrected chi connectivity index (χ2v) is 1.36. The molecule has 56 valence electrons. The molecule has 0 saturated heterocycles. The van der Waals surface area contributed by atoms with Crippen LogP contribution in [-0.4, -0.2) is 0 Å². The van der Waals surface area contributed by atoms with Gasteiger partial charge in [0.1, 0.15) is 0 Å². The van der Waals surface area contributed by atoms with Crippen LogP contribution in [0.25, 0.3) is 0 Å². The molecule has 0 unspecified atom stereocenters. The lowest BCUT2D eigenvalue weighted by Gasteiger charge is -1.70. The van der Waals surface area contributed by atoms with Crippen LogP contribution in [0.5, 0.6) is 0 Å². The van der Waals surface area contributed by atoms with Gasteiger partial charge in [-0.2, -0.15) is 0 Å². The van der Waals surface area contributed by atoms with E-state index in [0.29, 0.717) is 0 Å². The van der Waals surface area contributed by atoms with Crippen LogP contribution in [-0.2, 0) is 0 Å². The van der Waals surface area contributed by atoms with Gasteiger partial charge in [0.25, 0.3) is 0 Å². The summed E-state index contributed by atoms with van der Waals surface area (Å²) in [7, 11) is 0. The molecule has 0 aliphatic heterocycles. The molecular formula is C10H16. The summed E-state index contributed by atoms with van der Waals surface area (Å²) in [5, 5.41) is 0. The van der Waals surface area contributed by atoms with Crippen LogP contribution in [0.4, 0.5) is 0 Å². The van der Waals surface area contributed by atoms with E-state index in [2.05, 4.69) is 12.8 Å². The van der Waals surface area contributed by atoms with E-state index in [9.17, 15) is 0 Å². The number of terminal acetylenes is 1. The molecule has 0 aromatic rings. The van der Waals surface area contributed by atoms with Crippen LogP contribution in [0, 0.1) is 12.3 Å². The van der Waals surface area contributed by atoms with Crippen LogP contribution >= 0.6 is 0 Å². The molecule has 0 fully saturated rings. The monoisotopic (exact) mass is 136 g/mol. The molecule has 0 saturated carbocycles. The average molecular weight is 136 g/mol. The quantitative estimate of drug-likeness (QED) is 0.404. The van der Waals surface area contributed by atoms with Crippen molar-refractivity contribution in [1.29, 1.82) is 0 Å². The fourth-order valence-electron chi connectivity index (χ4n) is 0.326. The lowest BCUT2D eigenvalue weighted by atomic mass is 10.4. The Morgan fingerprint density at radius 3 is 2.30 bits per heavy atom. The molecule has 0 nitrogen and oxygen atoms in total. The van der Waals surface area contributed by atoms with Crippen molar-refractivity contribution in [2.45, 2.75) is 27.2 Å². The van der Waals surface area contributed by atoms with Crippen molar-refractivity contribution in [1.82, 2.24) is 0 Å². The summed E-state index contributed by atoms with van der Waals surface area (Å²) in [6, 6.07) is 0. The van der Waals surface area contributed by atoms with E-state index in [-0.39, 0.29) is 0 Å². The standard InChI is InChI=1S/C8H10.C2H6/c1-3-5-7-8-6-4-2;1-2/h1,5-8H,4H2,2H3;1-2H3/b7-5-,8-6-;. The zero-order chi connectivity index (χ0) is 8.24. The first kappa shape index (κ1) is 11.8. The highest BCUT2D eigenvalue weighted by molar-refractivity contribution is 5.15. The first-order chi connectivity index (χ1) is 4.91. The summed E-state index contributed by atoms with van der Waals surface area (Å²) in [5.74, 6) is 2.39. The fourth-order valence-corrected chi connectivity index (χ4v) is 0.326. The Labute approximate surface area is 64.6 Å². The number of allylic oxidation sites excluding steroid dienone is 4. The SMILES string of the molecule is C#C/C=C\C=C/CC.CC. The minimum atomic E-state index is 1.06. The lowest BCUT2D eigenvalue weighted by Crippen LogP contribution is -1.50. The van der Waals surface area contributed by atoms with Crippen molar-refractivity contribution in [3.8, 4) is 12.3 Å². The molecular weight excluding hydrogens is 120 g/mol. The van der Waals surface area contributed by atoms with Crippen LogP contribution in [0.3, 0.4) is 0 Å². The van der Waals surface area contributed by atoms with Gasteiger partial charge in [0.2, 0.25) is 0 Å². The fraction of sp³-hybridized carbons (Fsp3) is 0.400. The predicted octanol–water partition coefficient (Wildman–Crippen LogP) is 3.17. The van der Waals surface area contributed by atoms with Crippen molar-refractivity contribution in [2.24, 2.45) is 0 Å². The zero-order valence-electron chi connectivity index (χ0n) is 7.09. The van der Waals surface area contributed by atoms with E-state index in [1.54, 1.807) is 6.08 Å². The molecule has 0 N–H and O–H groups in total. The highest BCUT2D eigenvalue weighted by atomic mass is 13.7. The maximum atomic E-state index is 4.94. The number of rotatable bonds is 2. The molecule has 0 atom stereocenters. The van der Waals surface area contributed by atoms with E-state index in [1.165, 1.54) is 0 Å². The Balaban J connectivity index is 0. The molecule has 0 heteroatoms. The van der Waals surface area contributed by atoms with Gasteiger partial charge in [-0.1, -0.05) is 44.9 Å². The van der Waals surface area contributed by atoms with E-state index >= 15 is 0 Å². The van der Waals surface area contributed by atoms with Gasteiger partial charge in [0.05, 0.1) is 0 Å². The van der Waals surface area contributed by atoms with E-state index < -0.39 is 0 Å². The summed E-state index contributed by atoms with van der Waals surface area (Å²) >= 11 is 0. The largest absolute Gasteiger partial charge is 0.115 e. The van der Waals surface area contributed by atoms with E-state index in [4.69, 9.17) is 6.42 Å². The normalized spacial score (nSPS) is 9.00. The maximum Gasteiger partial charge on any atom is -0.0122 e. The third kappa shape index (κ3) is 15.7. The molecule has 0 amide bonds. The van der Waals surface area contributed by atoms with Crippen LogP contribution < -0.4 is 0 Å². The van der Waals surface area contributed by atoms with Gasteiger partial charge in [0.15, 0.2) is 0 Å². The van der Waals surface area contributed by atoms with Gasteiger partial charge in [-0.25, -0.2) is 0 Å². The molecule has 0 aromatic heterocycles. The number of hydrogen-bond acceptors (Lipinski definition) is 0. The molecule has 0 heterocycles. The molecule has 0 aliphatic carbocycles. The van der Waals surface area contributed by atoms with Crippen molar-refractivity contribution < 1.29 is 0 Å². The van der Waals surface area contributed by atoms with Crippen LogP contribution in [0.1, 0.15) is 27.2 Å². The van der Waals surface area contributed by atoms with Crippen molar-refractivity contribution in [2.75, 3.05) is 0 Å². The third-order valence-electron chi connectivity index (χ3n) is 0.675. The number of hydrogen-bond donors (Lipinski definition) is 0. The smallest absolute Gasteiger partial charge is 0.0122 e. The van der Waals surface area contributed by atoms with Crippen LogP contribution in [0.15, 0.2) is 24.3 Å². The van der Waals surface area contributed by atoms with Crippen molar-refractivity contribution >= 4 is 0 Å².